The fourth-order valence-corrected chi connectivity index (χ4v) is 3.39. The van der Waals surface area contributed by atoms with E-state index in [1.807, 2.05) is 18.4 Å². The number of thiophene rings is 1. The first-order valence-corrected chi connectivity index (χ1v) is 8.79. The lowest BCUT2D eigenvalue weighted by Crippen LogP contribution is -2.40. The van der Waals surface area contributed by atoms with Crippen LogP contribution in [0.25, 0.3) is 0 Å². The van der Waals surface area contributed by atoms with Crippen LogP contribution in [0.2, 0.25) is 0 Å². The van der Waals surface area contributed by atoms with Gasteiger partial charge in [0.25, 0.3) is 0 Å². The molecule has 0 fully saturated rings. The standard InChI is InChI=1S/C17H27N3S.HI/c1-18-17(19-12-10-15-7-4-3-5-8-15)20(2)13-11-16-9-6-14-21-16;/h6-7,9,14H,3-5,8,10-13H2,1-2H3,(H,18,19);1H. The van der Waals surface area contributed by atoms with Crippen LogP contribution < -0.4 is 5.32 Å². The SMILES string of the molecule is CN=C(NCCC1=CCCCC1)N(C)CCc1cccs1.I. The van der Waals surface area contributed by atoms with E-state index in [0.717, 1.165) is 31.9 Å². The minimum absolute atomic E-state index is 0. The minimum Gasteiger partial charge on any atom is -0.356 e. The molecule has 124 valence electrons. The van der Waals surface area contributed by atoms with E-state index in [-0.39, 0.29) is 24.0 Å². The summed E-state index contributed by atoms with van der Waals surface area (Å²) in [4.78, 5) is 8.04. The Bertz CT molecular complexity index is 468. The second-order valence-electron chi connectivity index (χ2n) is 5.58. The summed E-state index contributed by atoms with van der Waals surface area (Å²) in [6.07, 6.45) is 9.94. The Labute approximate surface area is 155 Å². The van der Waals surface area contributed by atoms with Crippen LogP contribution in [-0.2, 0) is 6.42 Å². The zero-order valence-electron chi connectivity index (χ0n) is 13.7. The van der Waals surface area contributed by atoms with Gasteiger partial charge in [-0.25, -0.2) is 0 Å². The number of halogens is 1. The van der Waals surface area contributed by atoms with Crippen molar-refractivity contribution in [3.05, 3.63) is 34.0 Å². The maximum Gasteiger partial charge on any atom is 0.193 e. The molecule has 5 heteroatoms. The van der Waals surface area contributed by atoms with Crippen LogP contribution in [0.5, 0.6) is 0 Å². The van der Waals surface area contributed by atoms with Crippen molar-refractivity contribution in [1.82, 2.24) is 10.2 Å². The largest absolute Gasteiger partial charge is 0.356 e. The average Bonchev–Trinajstić information content (AvgIpc) is 3.04. The highest BCUT2D eigenvalue weighted by Gasteiger charge is 2.07. The van der Waals surface area contributed by atoms with Gasteiger partial charge in [-0.2, -0.15) is 0 Å². The van der Waals surface area contributed by atoms with Crippen molar-refractivity contribution in [2.75, 3.05) is 27.2 Å². The number of hydrogen-bond donors (Lipinski definition) is 1. The van der Waals surface area contributed by atoms with Crippen LogP contribution in [0.4, 0.5) is 0 Å². The van der Waals surface area contributed by atoms with Crippen LogP contribution in [-0.4, -0.2) is 38.0 Å². The minimum atomic E-state index is 0. The Kier molecular flexibility index (Phi) is 9.79. The molecule has 0 aliphatic heterocycles. The molecule has 22 heavy (non-hydrogen) atoms. The molecule has 0 unspecified atom stereocenters. The van der Waals surface area contributed by atoms with E-state index in [9.17, 15) is 0 Å². The van der Waals surface area contributed by atoms with Gasteiger partial charge in [-0.1, -0.05) is 17.7 Å². The topological polar surface area (TPSA) is 27.6 Å². The van der Waals surface area contributed by atoms with Crippen molar-refractivity contribution in [2.24, 2.45) is 4.99 Å². The van der Waals surface area contributed by atoms with E-state index in [2.05, 4.69) is 45.8 Å². The summed E-state index contributed by atoms with van der Waals surface area (Å²) >= 11 is 1.83. The van der Waals surface area contributed by atoms with Gasteiger partial charge >= 0.3 is 0 Å². The molecule has 2 rings (SSSR count). The van der Waals surface area contributed by atoms with Gasteiger partial charge in [0.05, 0.1) is 0 Å². The van der Waals surface area contributed by atoms with Gasteiger partial charge in [-0.3, -0.25) is 4.99 Å². The van der Waals surface area contributed by atoms with Gasteiger partial charge in [-0.15, -0.1) is 35.3 Å². The summed E-state index contributed by atoms with van der Waals surface area (Å²) in [5, 5.41) is 5.62. The predicted molar refractivity (Wildman–Crippen MR) is 109 cm³/mol. The first-order valence-electron chi connectivity index (χ1n) is 7.91. The quantitative estimate of drug-likeness (QED) is 0.314. The van der Waals surface area contributed by atoms with E-state index in [4.69, 9.17) is 0 Å². The highest BCUT2D eigenvalue weighted by atomic mass is 127. The third-order valence-electron chi connectivity index (χ3n) is 3.96. The second-order valence-corrected chi connectivity index (χ2v) is 6.62. The molecule has 1 heterocycles. The molecule has 3 nitrogen and oxygen atoms in total. The fraction of sp³-hybridized carbons (Fsp3) is 0.588. The number of rotatable bonds is 6. The Morgan fingerprint density at radius 2 is 2.23 bits per heavy atom. The first kappa shape index (κ1) is 19.5. The molecule has 0 saturated carbocycles. The summed E-state index contributed by atoms with van der Waals surface area (Å²) < 4.78 is 0. The Balaban J connectivity index is 0.00000242. The molecule has 0 bridgehead atoms. The van der Waals surface area contributed by atoms with Crippen LogP contribution >= 0.6 is 35.3 Å². The number of likely N-dealkylation sites (N-methyl/N-ethyl adjacent to an activating group) is 1. The van der Waals surface area contributed by atoms with Gasteiger partial charge in [0.15, 0.2) is 5.96 Å². The number of aliphatic imine (C=N–C) groups is 1. The van der Waals surface area contributed by atoms with E-state index in [1.54, 1.807) is 5.57 Å². The molecule has 1 aliphatic rings. The molecular formula is C17H28IN3S. The van der Waals surface area contributed by atoms with Crippen molar-refractivity contribution in [2.45, 2.75) is 38.5 Å². The maximum absolute atomic E-state index is 4.39. The van der Waals surface area contributed by atoms with Crippen molar-refractivity contribution < 1.29 is 0 Å². The summed E-state index contributed by atoms with van der Waals surface area (Å²) in [5.41, 5.74) is 1.62. The second kappa shape index (κ2) is 11.0. The Morgan fingerprint density at radius 3 is 2.86 bits per heavy atom. The van der Waals surface area contributed by atoms with E-state index >= 15 is 0 Å². The summed E-state index contributed by atoms with van der Waals surface area (Å²) in [6, 6.07) is 4.31. The van der Waals surface area contributed by atoms with Gasteiger partial charge in [0.2, 0.25) is 0 Å². The van der Waals surface area contributed by atoms with Crippen LogP contribution in [0.3, 0.4) is 0 Å². The normalized spacial score (nSPS) is 15.0. The summed E-state index contributed by atoms with van der Waals surface area (Å²) in [7, 11) is 3.98. The van der Waals surface area contributed by atoms with E-state index in [1.165, 1.54) is 30.6 Å². The zero-order valence-corrected chi connectivity index (χ0v) is 16.8. The number of nitrogens with one attached hydrogen (secondary N) is 1. The Morgan fingerprint density at radius 1 is 1.36 bits per heavy atom. The molecule has 1 aliphatic carbocycles. The van der Waals surface area contributed by atoms with Crippen molar-refractivity contribution in [3.8, 4) is 0 Å². The smallest absolute Gasteiger partial charge is 0.193 e. The van der Waals surface area contributed by atoms with E-state index in [0.29, 0.717) is 0 Å². The van der Waals surface area contributed by atoms with Gasteiger partial charge in [-0.05, 0) is 50.0 Å². The molecule has 0 amide bonds. The molecule has 0 saturated heterocycles. The third-order valence-corrected chi connectivity index (χ3v) is 4.90. The van der Waals surface area contributed by atoms with E-state index < -0.39 is 0 Å². The lowest BCUT2D eigenvalue weighted by atomic mass is 9.97. The lowest BCUT2D eigenvalue weighted by Gasteiger charge is -2.22. The van der Waals surface area contributed by atoms with Crippen LogP contribution in [0.15, 0.2) is 34.2 Å². The molecule has 1 N–H and O–H groups in total. The van der Waals surface area contributed by atoms with Crippen molar-refractivity contribution in [3.63, 3.8) is 0 Å². The molecule has 0 atom stereocenters. The summed E-state index contributed by atoms with van der Waals surface area (Å²) in [6.45, 7) is 1.99. The first-order chi connectivity index (χ1) is 10.3. The number of allylic oxidation sites excluding steroid dienone is 1. The third kappa shape index (κ3) is 6.69. The molecule has 1 aromatic heterocycles. The molecule has 0 radical (unpaired) electrons. The monoisotopic (exact) mass is 433 g/mol. The lowest BCUT2D eigenvalue weighted by molar-refractivity contribution is 0.486. The molecule has 0 spiro atoms. The number of guanidine groups is 1. The zero-order chi connectivity index (χ0) is 14.9. The van der Waals surface area contributed by atoms with Crippen LogP contribution in [0, 0.1) is 0 Å². The van der Waals surface area contributed by atoms with Gasteiger partial charge in [0, 0.05) is 32.1 Å². The fourth-order valence-electron chi connectivity index (χ4n) is 2.69. The highest BCUT2D eigenvalue weighted by Crippen LogP contribution is 2.19. The average molecular weight is 433 g/mol. The van der Waals surface area contributed by atoms with Gasteiger partial charge < -0.3 is 10.2 Å². The number of hydrogen-bond acceptors (Lipinski definition) is 2. The maximum atomic E-state index is 4.39. The molecule has 1 aromatic rings. The van der Waals surface area contributed by atoms with Crippen molar-refractivity contribution >= 4 is 41.3 Å². The molecule has 0 aromatic carbocycles. The highest BCUT2D eigenvalue weighted by molar-refractivity contribution is 14.0. The summed E-state index contributed by atoms with van der Waals surface area (Å²) in [5.74, 6) is 1.00. The predicted octanol–water partition coefficient (Wildman–Crippen LogP) is 4.31. The number of nitrogens with zero attached hydrogens (tertiary/aromatic N) is 2. The van der Waals surface area contributed by atoms with Gasteiger partial charge in [0.1, 0.15) is 0 Å². The molecular weight excluding hydrogens is 405 g/mol. The Hall–Kier alpha value is -0.560. The van der Waals surface area contributed by atoms with Crippen LogP contribution in [0.1, 0.15) is 37.0 Å². The van der Waals surface area contributed by atoms with Crippen molar-refractivity contribution in [1.29, 1.82) is 0 Å².